The Balaban J connectivity index is 2.96. The number of nitrogens with one attached hydrogen (secondary N) is 1. The molecule has 0 saturated heterocycles. The van der Waals surface area contributed by atoms with Crippen LogP contribution in [0.3, 0.4) is 0 Å². The molecule has 1 N–H and O–H groups in total. The first-order valence-corrected chi connectivity index (χ1v) is 8.89. The lowest BCUT2D eigenvalue weighted by Crippen LogP contribution is -2.31. The van der Waals surface area contributed by atoms with E-state index in [-0.39, 0.29) is 16.7 Å². The number of benzene rings is 1. The van der Waals surface area contributed by atoms with Gasteiger partial charge in [0.2, 0.25) is 10.0 Å². The highest BCUT2D eigenvalue weighted by molar-refractivity contribution is 7.98. The summed E-state index contributed by atoms with van der Waals surface area (Å²) in [5, 5.41) is 11.0. The minimum Gasteiger partial charge on any atom is -0.462 e. The summed E-state index contributed by atoms with van der Waals surface area (Å²) in [5.41, 5.74) is -0.305. The van der Waals surface area contributed by atoms with E-state index in [1.807, 2.05) is 0 Å². The van der Waals surface area contributed by atoms with E-state index in [1.165, 1.54) is 12.1 Å². The Kier molecular flexibility index (Phi) is 6.33. The Morgan fingerprint density at radius 1 is 1.45 bits per heavy atom. The Labute approximate surface area is 132 Å². The summed E-state index contributed by atoms with van der Waals surface area (Å²) < 4.78 is 31.0. The van der Waals surface area contributed by atoms with Gasteiger partial charge in [0, 0.05) is 6.07 Å². The van der Waals surface area contributed by atoms with Crippen LogP contribution in [-0.2, 0) is 19.6 Å². The highest BCUT2D eigenvalue weighted by Gasteiger charge is 2.22. The predicted octanol–water partition coefficient (Wildman–Crippen LogP) is 1.55. The van der Waals surface area contributed by atoms with E-state index in [1.54, 1.807) is 20.1 Å². The van der Waals surface area contributed by atoms with Gasteiger partial charge >= 0.3 is 5.97 Å². The lowest BCUT2D eigenvalue weighted by Gasteiger charge is -2.10. The molecule has 0 fully saturated rings. The standard InChI is InChI=1S/C12H16N2O6S2/c1-8(2)20-12(15)7-13-22(18,19)9-4-5-11(21-3)10(6-9)14(16)17/h4-6,8,13H,7H2,1-3H3. The average Bonchev–Trinajstić information content (AvgIpc) is 2.43. The second-order valence-corrected chi connectivity index (χ2v) is 7.07. The number of nitro benzene ring substituents is 1. The SMILES string of the molecule is CSc1ccc(S(=O)(=O)NCC(=O)OC(C)C)cc1[N+](=O)[O-]. The van der Waals surface area contributed by atoms with Crippen LogP contribution in [0.15, 0.2) is 28.0 Å². The van der Waals surface area contributed by atoms with Crippen molar-refractivity contribution < 1.29 is 22.9 Å². The Morgan fingerprint density at radius 3 is 2.59 bits per heavy atom. The third-order valence-electron chi connectivity index (χ3n) is 2.43. The Bertz CT molecular complexity index is 672. The van der Waals surface area contributed by atoms with Gasteiger partial charge in [-0.05, 0) is 32.2 Å². The number of carbonyl (C=O) groups excluding carboxylic acids is 1. The molecular formula is C12H16N2O6S2. The summed E-state index contributed by atoms with van der Waals surface area (Å²) in [6.45, 7) is 2.73. The van der Waals surface area contributed by atoms with Crippen molar-refractivity contribution in [2.24, 2.45) is 0 Å². The predicted molar refractivity (Wildman–Crippen MR) is 81.3 cm³/mol. The zero-order valence-corrected chi connectivity index (χ0v) is 13.9. The Hall–Kier alpha value is -1.65. The maximum Gasteiger partial charge on any atom is 0.321 e. The molecule has 1 rings (SSSR count). The van der Waals surface area contributed by atoms with Crippen LogP contribution in [0.25, 0.3) is 0 Å². The van der Waals surface area contributed by atoms with Gasteiger partial charge in [-0.1, -0.05) is 0 Å². The van der Waals surface area contributed by atoms with Crippen LogP contribution in [-0.4, -0.2) is 38.2 Å². The van der Waals surface area contributed by atoms with Gasteiger partial charge in [0.15, 0.2) is 0 Å². The summed E-state index contributed by atoms with van der Waals surface area (Å²) in [4.78, 5) is 21.7. The van der Waals surface area contributed by atoms with E-state index >= 15 is 0 Å². The van der Waals surface area contributed by atoms with Gasteiger partial charge in [0.25, 0.3) is 5.69 Å². The fraction of sp³-hybridized carbons (Fsp3) is 0.417. The first-order chi connectivity index (χ1) is 10.2. The smallest absolute Gasteiger partial charge is 0.321 e. The van der Waals surface area contributed by atoms with Crippen molar-refractivity contribution in [1.82, 2.24) is 4.72 Å². The summed E-state index contributed by atoms with van der Waals surface area (Å²) >= 11 is 1.14. The van der Waals surface area contributed by atoms with E-state index in [0.717, 1.165) is 17.8 Å². The molecule has 1 aromatic rings. The molecule has 0 radical (unpaired) electrons. The van der Waals surface area contributed by atoms with Crippen LogP contribution in [0.4, 0.5) is 5.69 Å². The molecule has 0 heterocycles. The van der Waals surface area contributed by atoms with Gasteiger partial charge in [-0.15, -0.1) is 11.8 Å². The molecule has 0 aliphatic rings. The molecule has 22 heavy (non-hydrogen) atoms. The van der Waals surface area contributed by atoms with Gasteiger partial charge in [0.05, 0.1) is 20.8 Å². The molecule has 0 saturated carbocycles. The van der Waals surface area contributed by atoms with Crippen LogP contribution in [0, 0.1) is 10.1 Å². The van der Waals surface area contributed by atoms with Crippen LogP contribution in [0.1, 0.15) is 13.8 Å². The number of hydrogen-bond acceptors (Lipinski definition) is 7. The molecule has 122 valence electrons. The number of thioether (sulfide) groups is 1. The third kappa shape index (κ3) is 4.97. The quantitative estimate of drug-likeness (QED) is 0.344. The number of esters is 1. The van der Waals surface area contributed by atoms with Crippen molar-refractivity contribution in [1.29, 1.82) is 0 Å². The van der Waals surface area contributed by atoms with E-state index < -0.39 is 27.5 Å². The van der Waals surface area contributed by atoms with E-state index in [0.29, 0.717) is 4.90 Å². The average molecular weight is 348 g/mol. The molecule has 8 nitrogen and oxygen atoms in total. The molecule has 1 aromatic carbocycles. The molecule has 0 aliphatic heterocycles. The molecule has 0 atom stereocenters. The second-order valence-electron chi connectivity index (χ2n) is 4.45. The number of ether oxygens (including phenoxy) is 1. The molecule has 0 aromatic heterocycles. The number of nitro groups is 1. The van der Waals surface area contributed by atoms with Gasteiger partial charge in [-0.3, -0.25) is 14.9 Å². The lowest BCUT2D eigenvalue weighted by atomic mass is 10.3. The fourth-order valence-electron chi connectivity index (χ4n) is 1.52. The zero-order valence-electron chi connectivity index (χ0n) is 12.2. The van der Waals surface area contributed by atoms with Crippen molar-refractivity contribution in [3.63, 3.8) is 0 Å². The number of nitrogens with zero attached hydrogens (tertiary/aromatic N) is 1. The maximum absolute atomic E-state index is 12.0. The number of rotatable bonds is 7. The normalized spacial score (nSPS) is 11.5. The highest BCUT2D eigenvalue weighted by atomic mass is 32.2. The number of hydrogen-bond donors (Lipinski definition) is 1. The van der Waals surface area contributed by atoms with Crippen LogP contribution >= 0.6 is 11.8 Å². The zero-order chi connectivity index (χ0) is 16.9. The summed E-state index contributed by atoms with van der Waals surface area (Å²) in [6.07, 6.45) is 1.29. The van der Waals surface area contributed by atoms with Crippen molar-refractivity contribution in [3.05, 3.63) is 28.3 Å². The van der Waals surface area contributed by atoms with E-state index in [2.05, 4.69) is 4.72 Å². The molecular weight excluding hydrogens is 332 g/mol. The highest BCUT2D eigenvalue weighted by Crippen LogP contribution is 2.29. The lowest BCUT2D eigenvalue weighted by molar-refractivity contribution is -0.387. The first kappa shape index (κ1) is 18.4. The van der Waals surface area contributed by atoms with Gasteiger partial charge < -0.3 is 4.74 Å². The second kappa shape index (κ2) is 7.56. The van der Waals surface area contributed by atoms with E-state index in [9.17, 15) is 23.3 Å². The van der Waals surface area contributed by atoms with E-state index in [4.69, 9.17) is 4.74 Å². The van der Waals surface area contributed by atoms with Gasteiger partial charge in [-0.2, -0.15) is 4.72 Å². The molecule has 0 spiro atoms. The Morgan fingerprint density at radius 2 is 2.09 bits per heavy atom. The van der Waals surface area contributed by atoms with Crippen LogP contribution in [0.5, 0.6) is 0 Å². The van der Waals surface area contributed by atoms with Gasteiger partial charge in [0.1, 0.15) is 6.54 Å². The molecule has 0 aliphatic carbocycles. The van der Waals surface area contributed by atoms with Crippen LogP contribution in [0.2, 0.25) is 0 Å². The van der Waals surface area contributed by atoms with Crippen molar-refractivity contribution in [2.75, 3.05) is 12.8 Å². The molecule has 0 amide bonds. The topological polar surface area (TPSA) is 116 Å². The molecule has 0 bridgehead atoms. The van der Waals surface area contributed by atoms with Gasteiger partial charge in [-0.25, -0.2) is 8.42 Å². The third-order valence-corrected chi connectivity index (χ3v) is 4.61. The van der Waals surface area contributed by atoms with Crippen molar-refractivity contribution in [2.45, 2.75) is 29.7 Å². The summed E-state index contributed by atoms with van der Waals surface area (Å²) in [6, 6.07) is 3.56. The first-order valence-electron chi connectivity index (χ1n) is 6.19. The summed E-state index contributed by atoms with van der Waals surface area (Å²) in [5.74, 6) is -0.728. The monoisotopic (exact) mass is 348 g/mol. The maximum atomic E-state index is 12.0. The molecule has 10 heteroatoms. The van der Waals surface area contributed by atoms with Crippen molar-refractivity contribution >= 4 is 33.4 Å². The minimum absolute atomic E-state index is 0.283. The summed E-state index contributed by atoms with van der Waals surface area (Å²) in [7, 11) is -4.04. The minimum atomic E-state index is -4.04. The number of sulfonamides is 1. The van der Waals surface area contributed by atoms with Crippen LogP contribution < -0.4 is 4.72 Å². The fourth-order valence-corrected chi connectivity index (χ4v) is 3.06. The number of carbonyl (C=O) groups is 1. The molecule has 0 unspecified atom stereocenters. The van der Waals surface area contributed by atoms with Crippen molar-refractivity contribution in [3.8, 4) is 0 Å². The largest absolute Gasteiger partial charge is 0.462 e.